The van der Waals surface area contributed by atoms with Gasteiger partial charge in [0.15, 0.2) is 0 Å². The summed E-state index contributed by atoms with van der Waals surface area (Å²) < 4.78 is 0. The van der Waals surface area contributed by atoms with E-state index in [0.717, 1.165) is 38.0 Å². The Hall–Kier alpha value is -1.05. The second-order valence-electron chi connectivity index (χ2n) is 5.97. The van der Waals surface area contributed by atoms with Gasteiger partial charge in [-0.2, -0.15) is 0 Å². The summed E-state index contributed by atoms with van der Waals surface area (Å²) >= 11 is 0. The molecule has 0 aromatic rings. The summed E-state index contributed by atoms with van der Waals surface area (Å²) in [5.74, 6) is 0.177. The summed E-state index contributed by atoms with van der Waals surface area (Å²) in [6.45, 7) is 4.57. The van der Waals surface area contributed by atoms with E-state index >= 15 is 0 Å². The minimum Gasteiger partial charge on any atom is -0.481 e. The predicted molar refractivity (Wildman–Crippen MR) is 91.5 cm³/mol. The quantitative estimate of drug-likeness (QED) is 0.309. The molecule has 2 nitrogen and oxygen atoms in total. The number of carbonyl (C=O) groups is 1. The minimum atomic E-state index is -0.671. The van der Waals surface area contributed by atoms with Gasteiger partial charge in [-0.3, -0.25) is 4.79 Å². The van der Waals surface area contributed by atoms with Gasteiger partial charge in [-0.25, -0.2) is 0 Å². The summed E-state index contributed by atoms with van der Waals surface area (Å²) in [4.78, 5) is 10.3. The van der Waals surface area contributed by atoms with E-state index in [-0.39, 0.29) is 0 Å². The van der Waals surface area contributed by atoms with Crippen LogP contribution in [-0.2, 0) is 4.79 Å². The monoisotopic (exact) mass is 294 g/mol. The number of allylic oxidation sites excluding steroid dienone is 4. The third kappa shape index (κ3) is 16.9. The summed E-state index contributed by atoms with van der Waals surface area (Å²) in [6, 6.07) is 0. The molecule has 0 saturated heterocycles. The maximum absolute atomic E-state index is 10.3. The van der Waals surface area contributed by atoms with Gasteiger partial charge in [0.05, 0.1) is 0 Å². The first-order valence-corrected chi connectivity index (χ1v) is 8.68. The lowest BCUT2D eigenvalue weighted by Gasteiger charge is -2.03. The average molecular weight is 294 g/mol. The fourth-order valence-electron chi connectivity index (χ4n) is 2.16. The second-order valence-corrected chi connectivity index (χ2v) is 5.97. The molecule has 0 fully saturated rings. The zero-order valence-corrected chi connectivity index (χ0v) is 14.0. The van der Waals surface area contributed by atoms with Crippen LogP contribution in [0.4, 0.5) is 0 Å². The lowest BCUT2D eigenvalue weighted by molar-refractivity contribution is -0.137. The van der Waals surface area contributed by atoms with E-state index < -0.39 is 5.97 Å². The summed E-state index contributed by atoms with van der Waals surface area (Å²) in [7, 11) is 0. The molecule has 2 heteroatoms. The Morgan fingerprint density at radius 2 is 1.57 bits per heavy atom. The van der Waals surface area contributed by atoms with Gasteiger partial charge in [-0.05, 0) is 44.4 Å². The van der Waals surface area contributed by atoms with Crippen LogP contribution in [0.1, 0.15) is 84.5 Å². The Bertz CT molecular complexity index is 292. The van der Waals surface area contributed by atoms with E-state index in [2.05, 4.69) is 38.2 Å². The van der Waals surface area contributed by atoms with Gasteiger partial charge in [-0.1, -0.05) is 63.8 Å². The van der Waals surface area contributed by atoms with Crippen molar-refractivity contribution >= 4 is 5.97 Å². The van der Waals surface area contributed by atoms with Crippen molar-refractivity contribution in [3.63, 3.8) is 0 Å². The van der Waals surface area contributed by atoms with Crippen LogP contribution < -0.4 is 0 Å². The lowest BCUT2D eigenvalue weighted by Crippen LogP contribution is -1.93. The summed E-state index contributed by atoms with van der Waals surface area (Å²) in [6.07, 6.45) is 20.9. The van der Waals surface area contributed by atoms with E-state index in [9.17, 15) is 4.79 Å². The van der Waals surface area contributed by atoms with Crippen LogP contribution in [0.2, 0.25) is 0 Å². The van der Waals surface area contributed by atoms with Crippen LogP contribution in [0.25, 0.3) is 0 Å². The maximum atomic E-state index is 10.3. The molecule has 0 aromatic heterocycles. The molecule has 0 heterocycles. The minimum absolute atomic E-state index is 0.323. The standard InChI is InChI=1S/C19H34O2/c1-3-18(2)16-14-12-10-8-6-4-5-7-9-11-13-15-17-19(20)21/h4,6,10,12,18H,3,5,7-9,11,13-17H2,1-2H3,(H,20,21)/b6-4-,12-10-/t18-/m0/s1. The van der Waals surface area contributed by atoms with Gasteiger partial charge >= 0.3 is 5.97 Å². The van der Waals surface area contributed by atoms with Gasteiger partial charge in [0, 0.05) is 6.42 Å². The number of unbranched alkanes of at least 4 members (excludes halogenated alkanes) is 5. The largest absolute Gasteiger partial charge is 0.481 e. The fraction of sp³-hybridized carbons (Fsp3) is 0.737. The molecule has 0 radical (unpaired) electrons. The molecule has 0 saturated carbocycles. The van der Waals surface area contributed by atoms with Crippen LogP contribution in [0.15, 0.2) is 24.3 Å². The third-order valence-electron chi connectivity index (χ3n) is 3.89. The van der Waals surface area contributed by atoms with Crippen molar-refractivity contribution in [1.29, 1.82) is 0 Å². The molecule has 1 N–H and O–H groups in total. The number of hydrogen-bond acceptors (Lipinski definition) is 1. The van der Waals surface area contributed by atoms with Crippen LogP contribution in [0, 0.1) is 5.92 Å². The van der Waals surface area contributed by atoms with E-state index in [4.69, 9.17) is 5.11 Å². The fourth-order valence-corrected chi connectivity index (χ4v) is 2.16. The Morgan fingerprint density at radius 1 is 0.952 bits per heavy atom. The zero-order valence-electron chi connectivity index (χ0n) is 14.0. The molecule has 0 rings (SSSR count). The molecule has 0 spiro atoms. The van der Waals surface area contributed by atoms with Crippen molar-refractivity contribution in [2.75, 3.05) is 0 Å². The zero-order chi connectivity index (χ0) is 15.8. The van der Waals surface area contributed by atoms with E-state index in [1.165, 1.54) is 32.1 Å². The van der Waals surface area contributed by atoms with Gasteiger partial charge in [0.1, 0.15) is 0 Å². The normalized spacial score (nSPS) is 13.2. The first kappa shape index (κ1) is 19.9. The van der Waals surface area contributed by atoms with E-state index in [0.29, 0.717) is 6.42 Å². The average Bonchev–Trinajstić information content (AvgIpc) is 2.46. The number of carboxylic acid groups (broad SMARTS) is 1. The number of rotatable bonds is 14. The van der Waals surface area contributed by atoms with Gasteiger partial charge < -0.3 is 5.11 Å². The molecule has 0 aliphatic carbocycles. The Balaban J connectivity index is 3.25. The van der Waals surface area contributed by atoms with Crippen LogP contribution >= 0.6 is 0 Å². The van der Waals surface area contributed by atoms with Gasteiger partial charge in [-0.15, -0.1) is 0 Å². The van der Waals surface area contributed by atoms with Gasteiger partial charge in [0.25, 0.3) is 0 Å². The molecular weight excluding hydrogens is 260 g/mol. The lowest BCUT2D eigenvalue weighted by atomic mass is 10.0. The van der Waals surface area contributed by atoms with Crippen molar-refractivity contribution in [1.82, 2.24) is 0 Å². The molecule has 122 valence electrons. The third-order valence-corrected chi connectivity index (χ3v) is 3.89. The molecule has 0 amide bonds. The first-order chi connectivity index (χ1) is 10.2. The highest BCUT2D eigenvalue weighted by molar-refractivity contribution is 5.66. The van der Waals surface area contributed by atoms with Crippen molar-refractivity contribution in [2.45, 2.75) is 84.5 Å². The van der Waals surface area contributed by atoms with Crippen LogP contribution in [0.3, 0.4) is 0 Å². The van der Waals surface area contributed by atoms with E-state index in [1.807, 2.05) is 0 Å². The van der Waals surface area contributed by atoms with E-state index in [1.54, 1.807) is 0 Å². The highest BCUT2D eigenvalue weighted by Gasteiger charge is 1.96. The van der Waals surface area contributed by atoms with Crippen LogP contribution in [0.5, 0.6) is 0 Å². The predicted octanol–water partition coefficient (Wildman–Crippen LogP) is 6.13. The SMILES string of the molecule is CC[C@H](C)CC/C=C\C/C=C\CCCCCCCC(=O)O. The first-order valence-electron chi connectivity index (χ1n) is 8.68. The number of aliphatic carboxylic acids is 1. The second kappa shape index (κ2) is 15.3. The summed E-state index contributed by atoms with van der Waals surface area (Å²) in [5, 5.41) is 8.52. The highest BCUT2D eigenvalue weighted by atomic mass is 16.4. The molecule has 0 aliphatic rings. The Kier molecular flexibility index (Phi) is 14.6. The summed E-state index contributed by atoms with van der Waals surface area (Å²) in [5.41, 5.74) is 0. The topological polar surface area (TPSA) is 37.3 Å². The Morgan fingerprint density at radius 3 is 2.24 bits per heavy atom. The number of carboxylic acids is 1. The van der Waals surface area contributed by atoms with Crippen molar-refractivity contribution < 1.29 is 9.90 Å². The van der Waals surface area contributed by atoms with Crippen molar-refractivity contribution in [3.8, 4) is 0 Å². The van der Waals surface area contributed by atoms with Crippen molar-refractivity contribution in [3.05, 3.63) is 24.3 Å². The van der Waals surface area contributed by atoms with Crippen LogP contribution in [-0.4, -0.2) is 11.1 Å². The molecule has 21 heavy (non-hydrogen) atoms. The molecular formula is C19H34O2. The Labute approximate surface area is 131 Å². The van der Waals surface area contributed by atoms with Gasteiger partial charge in [0.2, 0.25) is 0 Å². The number of hydrogen-bond donors (Lipinski definition) is 1. The smallest absolute Gasteiger partial charge is 0.303 e. The highest BCUT2D eigenvalue weighted by Crippen LogP contribution is 2.10. The molecule has 1 atom stereocenters. The molecule has 0 aromatic carbocycles. The molecule has 0 aliphatic heterocycles. The van der Waals surface area contributed by atoms with Crippen molar-refractivity contribution in [2.24, 2.45) is 5.92 Å². The molecule has 0 bridgehead atoms. The molecule has 0 unspecified atom stereocenters. The maximum Gasteiger partial charge on any atom is 0.303 e.